The Labute approximate surface area is 410 Å². The highest BCUT2D eigenvalue weighted by molar-refractivity contribution is 8.26. The molecule has 4 aromatic carbocycles. The quantitative estimate of drug-likeness (QED) is 0.118. The first-order valence-electron chi connectivity index (χ1n) is 18.4. The predicted octanol–water partition coefficient (Wildman–Crippen LogP) is 14.1. The van der Waals surface area contributed by atoms with Crippen LogP contribution in [-0.2, 0) is 20.6 Å². The van der Waals surface area contributed by atoms with Crippen molar-refractivity contribution in [1.82, 2.24) is 30.0 Å². The Kier molecular flexibility index (Phi) is 17.2. The number of carboxylic acid groups (broad SMARTS) is 1. The van der Waals surface area contributed by atoms with Crippen LogP contribution in [0.3, 0.4) is 0 Å². The molecule has 10 nitrogen and oxygen atoms in total. The fourth-order valence-electron chi connectivity index (χ4n) is 6.74. The number of nitrogens with zero attached hydrogens (tertiary/aromatic N) is 6. The molecule has 0 saturated heterocycles. The molecule has 0 saturated carbocycles. The maximum Gasteiger partial charge on any atom is 0.435 e. The zero-order valence-corrected chi connectivity index (χ0v) is 39.5. The molecule has 2 heterocycles. The van der Waals surface area contributed by atoms with Gasteiger partial charge in [-0.25, -0.2) is 27.1 Å². The molecule has 0 fully saturated rings. The first-order chi connectivity index (χ1) is 31.9. The molecule has 6 aromatic rings. The molecule has 70 heavy (non-hydrogen) atoms. The predicted molar refractivity (Wildman–Crippen MR) is 229 cm³/mol. The standard InChI is InChI=1S/C20H12Cl2F7N3O.C20H13ClF7N3O2.Cl2OS/c1-9-5-11(18(23,19(24,25)26)20(27,28)29)6-10(2)16(9)15-8-32(31-30-15)12-3-4-14(21)13(7-12)17(22)33;1-9-5-11(18(22,19(23,24)25)20(26,27)28)6-10(2)16(9)15-8-31(30-29-15)12-3-4-14(21)13(7-12)17(32)33;1-4(2)3/h3-8H,1-2H3;3-8H,1-2H3,(H,32,33);. The number of aryl methyl sites for hydroxylation is 4. The third-order valence-electron chi connectivity index (χ3n) is 9.79. The van der Waals surface area contributed by atoms with Crippen molar-refractivity contribution in [3.63, 3.8) is 0 Å². The highest BCUT2D eigenvalue weighted by atomic mass is 36.0. The van der Waals surface area contributed by atoms with Crippen LogP contribution in [0, 0.1) is 27.7 Å². The van der Waals surface area contributed by atoms with Gasteiger partial charge in [0.25, 0.3) is 5.24 Å². The second-order valence-electron chi connectivity index (χ2n) is 14.5. The largest absolute Gasteiger partial charge is 0.478 e. The Morgan fingerprint density at radius 3 is 1.10 bits per heavy atom. The maximum atomic E-state index is 14.5. The van der Waals surface area contributed by atoms with Gasteiger partial charge in [0, 0.05) is 43.6 Å². The van der Waals surface area contributed by atoms with Gasteiger partial charge in [0.15, 0.2) is 0 Å². The van der Waals surface area contributed by atoms with Crippen molar-refractivity contribution in [1.29, 1.82) is 0 Å². The van der Waals surface area contributed by atoms with Gasteiger partial charge in [-0.05, 0) is 97.9 Å². The fraction of sp³-hybridized carbons (Fsp3) is 0.250. The van der Waals surface area contributed by atoms with Gasteiger partial charge in [-0.1, -0.05) is 57.9 Å². The second kappa shape index (κ2) is 20.9. The SMILES string of the molecule is Cc1cc(C(F)(C(F)(F)F)C(F)(F)F)cc(C)c1-c1cn(-c2ccc(Cl)c(C(=O)Cl)c2)nn1.Cc1cc(C(F)(C(F)(F)F)C(F)(F)F)cc(C)c1-c1cn(-c2ccc(Cl)c(C(=O)O)c2)nn1.O=S(Cl)Cl. The van der Waals surface area contributed by atoms with Gasteiger partial charge in [-0.3, -0.25) is 4.79 Å². The van der Waals surface area contributed by atoms with Crippen LogP contribution in [0.5, 0.6) is 0 Å². The molecule has 30 heteroatoms. The van der Waals surface area contributed by atoms with Crippen LogP contribution in [0.2, 0.25) is 10.0 Å². The molecule has 6 rings (SSSR count). The van der Waals surface area contributed by atoms with E-state index in [0.717, 1.165) is 4.68 Å². The zero-order valence-electron chi connectivity index (χ0n) is 34.9. The van der Waals surface area contributed by atoms with Gasteiger partial charge in [0.2, 0.25) is 9.23 Å². The average Bonchev–Trinajstić information content (AvgIpc) is 3.89. The number of carbonyl (C=O) groups is 2. The summed E-state index contributed by atoms with van der Waals surface area (Å²) in [6, 6.07) is 10.0. The van der Waals surface area contributed by atoms with E-state index < -0.39 is 67.6 Å². The van der Waals surface area contributed by atoms with E-state index >= 15 is 0 Å². The summed E-state index contributed by atoms with van der Waals surface area (Å²) < 4.78 is 198. The summed E-state index contributed by atoms with van der Waals surface area (Å²) in [7, 11) is 7.36. The summed E-state index contributed by atoms with van der Waals surface area (Å²) in [4.78, 5) is 22.7. The molecule has 0 spiro atoms. The van der Waals surface area contributed by atoms with Crippen molar-refractivity contribution in [2.45, 2.75) is 63.7 Å². The smallest absolute Gasteiger partial charge is 0.435 e. The van der Waals surface area contributed by atoms with Crippen LogP contribution in [0.15, 0.2) is 73.1 Å². The molecule has 0 aliphatic rings. The Balaban J connectivity index is 0.000000283. The van der Waals surface area contributed by atoms with Gasteiger partial charge in [-0.2, -0.15) is 52.7 Å². The number of carboxylic acids is 1. The lowest BCUT2D eigenvalue weighted by Gasteiger charge is -2.31. The molecule has 2 aromatic heterocycles. The monoisotopic (exact) mass is 1130 g/mol. The lowest BCUT2D eigenvalue weighted by Crippen LogP contribution is -2.50. The minimum Gasteiger partial charge on any atom is -0.478 e. The minimum absolute atomic E-state index is 0.0109. The van der Waals surface area contributed by atoms with E-state index in [1.165, 1.54) is 81.2 Å². The van der Waals surface area contributed by atoms with E-state index in [1.54, 1.807) is 0 Å². The molecule has 0 aliphatic heterocycles. The molecule has 1 N–H and O–H groups in total. The topological polar surface area (TPSA) is 133 Å². The van der Waals surface area contributed by atoms with Crippen molar-refractivity contribution in [3.05, 3.63) is 128 Å². The summed E-state index contributed by atoms with van der Waals surface area (Å²) in [6.45, 7) is 4.88. The summed E-state index contributed by atoms with van der Waals surface area (Å²) in [5, 5.41) is 23.9. The first-order valence-corrected chi connectivity index (χ1v) is 22.3. The third-order valence-corrected chi connectivity index (χ3v) is 10.7. The normalized spacial score (nSPS) is 12.6. The summed E-state index contributed by atoms with van der Waals surface area (Å²) in [6.07, 6.45) is -22.3. The molecule has 0 bridgehead atoms. The van der Waals surface area contributed by atoms with Crippen LogP contribution in [-0.4, -0.2) is 75.2 Å². The number of rotatable bonds is 8. The molecule has 0 aliphatic carbocycles. The molecule has 0 unspecified atom stereocenters. The van der Waals surface area contributed by atoms with Crippen molar-refractivity contribution in [2.24, 2.45) is 0 Å². The highest BCUT2D eigenvalue weighted by Gasteiger charge is 2.74. The second-order valence-corrected chi connectivity index (χ2v) is 18.1. The lowest BCUT2D eigenvalue weighted by molar-refractivity contribution is -0.349. The number of benzene rings is 4. The van der Waals surface area contributed by atoms with E-state index in [2.05, 4.69) is 42.0 Å². The number of hydrogen-bond acceptors (Lipinski definition) is 7. The van der Waals surface area contributed by atoms with Crippen LogP contribution in [0.25, 0.3) is 33.9 Å². The van der Waals surface area contributed by atoms with Crippen molar-refractivity contribution < 1.29 is 80.4 Å². The highest BCUT2D eigenvalue weighted by Crippen LogP contribution is 2.55. The Morgan fingerprint density at radius 2 is 0.829 bits per heavy atom. The molecule has 0 amide bonds. The first kappa shape index (κ1) is 57.5. The van der Waals surface area contributed by atoms with Crippen LogP contribution >= 0.6 is 56.2 Å². The van der Waals surface area contributed by atoms with E-state index in [4.69, 9.17) is 39.0 Å². The Hall–Kier alpha value is -5.08. The van der Waals surface area contributed by atoms with Gasteiger partial charge < -0.3 is 5.11 Å². The van der Waals surface area contributed by atoms with Gasteiger partial charge in [-0.15, -0.1) is 10.2 Å². The number of alkyl halides is 14. The third kappa shape index (κ3) is 11.8. The average molecular weight is 1130 g/mol. The molecule has 0 atom stereocenters. The summed E-state index contributed by atoms with van der Waals surface area (Å²) in [5.41, 5.74) is -13.9. The zero-order chi connectivity index (χ0) is 53.4. The van der Waals surface area contributed by atoms with Crippen molar-refractivity contribution >= 4 is 76.6 Å². The van der Waals surface area contributed by atoms with Crippen LogP contribution in [0.4, 0.5) is 61.5 Å². The van der Waals surface area contributed by atoms with Crippen molar-refractivity contribution in [3.8, 4) is 33.9 Å². The van der Waals surface area contributed by atoms with Crippen molar-refractivity contribution in [2.75, 3.05) is 0 Å². The number of aromatic nitrogens is 6. The maximum absolute atomic E-state index is 14.5. The number of aromatic carboxylic acids is 1. The molecular formula is C40H25Cl5F14N6O4S. The van der Waals surface area contributed by atoms with E-state index in [1.807, 2.05) is 0 Å². The molecule has 378 valence electrons. The lowest BCUT2D eigenvalue weighted by atomic mass is 9.88. The fourth-order valence-corrected chi connectivity index (χ4v) is 7.35. The number of carbonyl (C=O) groups excluding carboxylic acids is 1. The Bertz CT molecular complexity index is 2710. The summed E-state index contributed by atoms with van der Waals surface area (Å²) in [5.74, 6) is -1.30. The van der Waals surface area contributed by atoms with Crippen LogP contribution < -0.4 is 0 Å². The number of halogens is 19. The molecule has 0 radical (unpaired) electrons. The van der Waals surface area contributed by atoms with E-state index in [9.17, 15) is 76.2 Å². The van der Waals surface area contributed by atoms with E-state index in [-0.39, 0.29) is 71.6 Å². The van der Waals surface area contributed by atoms with Crippen LogP contribution in [0.1, 0.15) is 54.1 Å². The summed E-state index contributed by atoms with van der Waals surface area (Å²) >= 11 is 17.2. The van der Waals surface area contributed by atoms with E-state index in [0.29, 0.717) is 30.0 Å². The van der Waals surface area contributed by atoms with Gasteiger partial charge in [0.05, 0.1) is 44.9 Å². The minimum atomic E-state index is -6.23. The van der Waals surface area contributed by atoms with Gasteiger partial charge in [0.1, 0.15) is 11.4 Å². The Morgan fingerprint density at radius 1 is 0.543 bits per heavy atom. The molecular weight excluding hydrogens is 1100 g/mol. The number of hydrogen-bond donors (Lipinski definition) is 1. The van der Waals surface area contributed by atoms with Gasteiger partial charge >= 0.3 is 42.0 Å².